The van der Waals surface area contributed by atoms with Crippen molar-refractivity contribution in [3.63, 3.8) is 0 Å². The zero-order chi connectivity index (χ0) is 21.3. The van der Waals surface area contributed by atoms with Crippen molar-refractivity contribution in [2.24, 2.45) is 0 Å². The highest BCUT2D eigenvalue weighted by atomic mass is 16.6. The molecule has 3 aromatic carbocycles. The molecule has 3 rings (SSSR count). The van der Waals surface area contributed by atoms with Crippen molar-refractivity contribution in [1.82, 2.24) is 0 Å². The average Bonchev–Trinajstić information content (AvgIpc) is 2.77. The quantitative estimate of drug-likeness (QED) is 0.341. The standard InChI is InChI=1S/C26H26O4/c1-3-11-19-17-22(12-4-2)24(30-26(28)21-15-9-6-10-16-21)23(18-19)29-25(27)20-13-7-5-8-14-20/h5-10,13-18H,3-4,11-12H2,1-2H3. The van der Waals surface area contributed by atoms with Gasteiger partial charge in [0.15, 0.2) is 11.5 Å². The molecule has 0 saturated heterocycles. The third kappa shape index (κ3) is 5.35. The number of esters is 2. The largest absolute Gasteiger partial charge is 0.419 e. The van der Waals surface area contributed by atoms with Gasteiger partial charge in [0.1, 0.15) is 0 Å². The summed E-state index contributed by atoms with van der Waals surface area (Å²) in [6, 6.07) is 21.4. The normalized spacial score (nSPS) is 10.5. The smallest absolute Gasteiger partial charge is 0.343 e. The van der Waals surface area contributed by atoms with Gasteiger partial charge in [0.25, 0.3) is 0 Å². The summed E-state index contributed by atoms with van der Waals surface area (Å²) in [5.74, 6) is -0.366. The van der Waals surface area contributed by atoms with E-state index in [1.807, 2.05) is 18.2 Å². The Morgan fingerprint density at radius 2 is 1.23 bits per heavy atom. The van der Waals surface area contributed by atoms with Crippen molar-refractivity contribution in [1.29, 1.82) is 0 Å². The van der Waals surface area contributed by atoms with Crippen molar-refractivity contribution >= 4 is 11.9 Å². The van der Waals surface area contributed by atoms with E-state index in [2.05, 4.69) is 13.8 Å². The van der Waals surface area contributed by atoms with Crippen LogP contribution in [-0.4, -0.2) is 11.9 Å². The van der Waals surface area contributed by atoms with E-state index in [1.54, 1.807) is 54.6 Å². The van der Waals surface area contributed by atoms with E-state index < -0.39 is 11.9 Å². The Hall–Kier alpha value is -3.40. The van der Waals surface area contributed by atoms with E-state index in [-0.39, 0.29) is 5.75 Å². The average molecular weight is 402 g/mol. The second-order valence-electron chi connectivity index (χ2n) is 7.09. The lowest BCUT2D eigenvalue weighted by Crippen LogP contribution is -2.14. The molecule has 30 heavy (non-hydrogen) atoms. The van der Waals surface area contributed by atoms with Gasteiger partial charge in [0.05, 0.1) is 11.1 Å². The predicted molar refractivity (Wildman–Crippen MR) is 117 cm³/mol. The third-order valence-corrected chi connectivity index (χ3v) is 4.67. The highest BCUT2D eigenvalue weighted by Crippen LogP contribution is 2.36. The van der Waals surface area contributed by atoms with Crippen molar-refractivity contribution in [3.05, 3.63) is 95.1 Å². The molecule has 4 nitrogen and oxygen atoms in total. The second kappa shape index (κ2) is 10.4. The Kier molecular flexibility index (Phi) is 7.39. The van der Waals surface area contributed by atoms with Gasteiger partial charge in [-0.1, -0.05) is 69.2 Å². The highest BCUT2D eigenvalue weighted by Gasteiger charge is 2.20. The molecule has 0 aliphatic heterocycles. The molecule has 0 N–H and O–H groups in total. The van der Waals surface area contributed by atoms with Gasteiger partial charge in [-0.2, -0.15) is 0 Å². The van der Waals surface area contributed by atoms with E-state index in [0.717, 1.165) is 30.4 Å². The first-order valence-electron chi connectivity index (χ1n) is 10.3. The fourth-order valence-corrected chi connectivity index (χ4v) is 3.26. The number of hydrogen-bond donors (Lipinski definition) is 0. The summed E-state index contributed by atoms with van der Waals surface area (Å²) in [5, 5.41) is 0. The number of carbonyl (C=O) groups excluding carboxylic acids is 2. The molecule has 0 saturated carbocycles. The molecule has 0 atom stereocenters. The van der Waals surface area contributed by atoms with Crippen molar-refractivity contribution in [3.8, 4) is 11.5 Å². The summed E-state index contributed by atoms with van der Waals surface area (Å²) < 4.78 is 11.5. The van der Waals surface area contributed by atoms with Gasteiger partial charge in [-0.25, -0.2) is 9.59 Å². The first-order valence-corrected chi connectivity index (χ1v) is 10.3. The molecule has 0 aromatic heterocycles. The topological polar surface area (TPSA) is 52.6 Å². The summed E-state index contributed by atoms with van der Waals surface area (Å²) in [6.45, 7) is 4.16. The summed E-state index contributed by atoms with van der Waals surface area (Å²) in [6.07, 6.45) is 3.39. The maximum absolute atomic E-state index is 12.7. The molecule has 0 spiro atoms. The van der Waals surface area contributed by atoms with Gasteiger partial charge in [0.2, 0.25) is 0 Å². The minimum atomic E-state index is -0.483. The van der Waals surface area contributed by atoms with Crippen LogP contribution in [0.2, 0.25) is 0 Å². The van der Waals surface area contributed by atoms with Crippen molar-refractivity contribution in [2.75, 3.05) is 0 Å². The monoisotopic (exact) mass is 402 g/mol. The van der Waals surface area contributed by atoms with E-state index in [9.17, 15) is 9.59 Å². The van der Waals surface area contributed by atoms with Crippen LogP contribution in [0.1, 0.15) is 58.5 Å². The molecule has 4 heteroatoms. The molecular weight excluding hydrogens is 376 g/mol. The van der Waals surface area contributed by atoms with Crippen LogP contribution >= 0.6 is 0 Å². The Morgan fingerprint density at radius 1 is 0.700 bits per heavy atom. The third-order valence-electron chi connectivity index (χ3n) is 4.67. The lowest BCUT2D eigenvalue weighted by atomic mass is 10.0. The minimum Gasteiger partial charge on any atom is -0.419 e. The summed E-state index contributed by atoms with van der Waals surface area (Å²) >= 11 is 0. The Labute approximate surface area is 177 Å². The van der Waals surface area contributed by atoms with Crippen LogP contribution < -0.4 is 9.47 Å². The molecule has 0 amide bonds. The molecule has 0 bridgehead atoms. The van der Waals surface area contributed by atoms with Crippen LogP contribution in [0.4, 0.5) is 0 Å². The molecular formula is C26H26O4. The molecule has 0 fully saturated rings. The fourth-order valence-electron chi connectivity index (χ4n) is 3.26. The molecule has 0 aliphatic carbocycles. The number of carbonyl (C=O) groups is 2. The van der Waals surface area contributed by atoms with Gasteiger partial charge in [0, 0.05) is 0 Å². The molecule has 0 aliphatic rings. The number of benzene rings is 3. The molecule has 3 aromatic rings. The molecule has 0 radical (unpaired) electrons. The minimum absolute atomic E-state index is 0.280. The van der Waals surface area contributed by atoms with E-state index in [1.165, 1.54) is 0 Å². The Balaban J connectivity index is 2.00. The maximum Gasteiger partial charge on any atom is 0.343 e. The van der Waals surface area contributed by atoms with Crippen molar-refractivity contribution < 1.29 is 19.1 Å². The van der Waals surface area contributed by atoms with E-state index >= 15 is 0 Å². The highest BCUT2D eigenvalue weighted by molar-refractivity contribution is 5.93. The second-order valence-corrected chi connectivity index (χ2v) is 7.09. The lowest BCUT2D eigenvalue weighted by Gasteiger charge is -2.17. The van der Waals surface area contributed by atoms with E-state index in [4.69, 9.17) is 9.47 Å². The van der Waals surface area contributed by atoms with Crippen LogP contribution in [0.3, 0.4) is 0 Å². The fraction of sp³-hybridized carbons (Fsp3) is 0.231. The van der Waals surface area contributed by atoms with Gasteiger partial charge in [-0.05, 0) is 54.3 Å². The molecule has 154 valence electrons. The van der Waals surface area contributed by atoms with Crippen LogP contribution in [0.25, 0.3) is 0 Å². The first-order chi connectivity index (χ1) is 14.6. The SMILES string of the molecule is CCCc1cc(CCC)c(OC(=O)c2ccccc2)c(OC(=O)c2ccccc2)c1. The van der Waals surface area contributed by atoms with Crippen LogP contribution in [0.5, 0.6) is 11.5 Å². The van der Waals surface area contributed by atoms with Gasteiger partial charge < -0.3 is 9.47 Å². The Bertz CT molecular complexity index is 994. The van der Waals surface area contributed by atoms with Crippen LogP contribution in [0.15, 0.2) is 72.8 Å². The van der Waals surface area contributed by atoms with Gasteiger partial charge in [-0.3, -0.25) is 0 Å². The number of ether oxygens (including phenoxy) is 2. The molecule has 0 unspecified atom stereocenters. The van der Waals surface area contributed by atoms with Crippen LogP contribution in [-0.2, 0) is 12.8 Å². The summed E-state index contributed by atoms with van der Waals surface area (Å²) in [7, 11) is 0. The molecule has 0 heterocycles. The van der Waals surface area contributed by atoms with E-state index in [0.29, 0.717) is 23.3 Å². The number of rotatable bonds is 8. The summed E-state index contributed by atoms with van der Waals surface area (Å²) in [4.78, 5) is 25.4. The lowest BCUT2D eigenvalue weighted by molar-refractivity contribution is 0.0681. The zero-order valence-corrected chi connectivity index (χ0v) is 17.4. The first kappa shape index (κ1) is 21.3. The maximum atomic E-state index is 12.7. The number of aryl methyl sites for hydroxylation is 2. The van der Waals surface area contributed by atoms with Crippen molar-refractivity contribution in [2.45, 2.75) is 39.5 Å². The predicted octanol–water partition coefficient (Wildman–Crippen LogP) is 6.03. The van der Waals surface area contributed by atoms with Crippen LogP contribution in [0, 0.1) is 0 Å². The zero-order valence-electron chi connectivity index (χ0n) is 17.4. The number of hydrogen-bond acceptors (Lipinski definition) is 4. The Morgan fingerprint density at radius 3 is 1.77 bits per heavy atom. The van der Waals surface area contributed by atoms with Gasteiger partial charge in [-0.15, -0.1) is 0 Å². The summed E-state index contributed by atoms with van der Waals surface area (Å²) in [5.41, 5.74) is 2.80. The van der Waals surface area contributed by atoms with Gasteiger partial charge >= 0.3 is 11.9 Å².